The summed E-state index contributed by atoms with van der Waals surface area (Å²) >= 11 is 1.93. The third kappa shape index (κ3) is 4.23. The van der Waals surface area contributed by atoms with Gasteiger partial charge in [-0.15, -0.1) is 5.53 Å². The predicted molar refractivity (Wildman–Crippen MR) is 116 cm³/mol. The largest absolute Gasteiger partial charge is 0.447 e. The Morgan fingerprint density at radius 1 is 1.13 bits per heavy atom. The van der Waals surface area contributed by atoms with Crippen LogP contribution in [0.5, 0.6) is 0 Å². The average Bonchev–Trinajstić information content (AvgIpc) is 3.44. The molecule has 3 aliphatic heterocycles. The third-order valence-corrected chi connectivity index (χ3v) is 6.22. The number of nitrogens with zero attached hydrogens (tertiary/aromatic N) is 6. The number of aromatic nitrogens is 2. The summed E-state index contributed by atoms with van der Waals surface area (Å²) in [6.45, 7) is 3.14. The lowest BCUT2D eigenvalue weighted by atomic mass is 10.1. The fourth-order valence-corrected chi connectivity index (χ4v) is 4.49. The molecule has 0 saturated carbocycles. The normalized spacial score (nSPS) is 18.8. The van der Waals surface area contributed by atoms with Crippen LogP contribution in [0, 0.1) is 5.82 Å². The Morgan fingerprint density at radius 2 is 1.94 bits per heavy atom. The zero-order valence-corrected chi connectivity index (χ0v) is 17.6. The Morgan fingerprint density at radius 3 is 2.65 bits per heavy atom. The number of halogens is 1. The van der Waals surface area contributed by atoms with Crippen LogP contribution in [0.25, 0.3) is 11.1 Å². The fraction of sp³-hybridized carbons (Fsp3) is 0.350. The second-order valence-corrected chi connectivity index (χ2v) is 8.52. The van der Waals surface area contributed by atoms with Crippen LogP contribution in [0.2, 0.25) is 0 Å². The summed E-state index contributed by atoms with van der Waals surface area (Å²) in [4.78, 5) is 24.2. The van der Waals surface area contributed by atoms with E-state index in [0.29, 0.717) is 42.6 Å². The Kier molecular flexibility index (Phi) is 5.51. The summed E-state index contributed by atoms with van der Waals surface area (Å²) < 4.78 is 19.8. The van der Waals surface area contributed by atoms with Gasteiger partial charge in [0.1, 0.15) is 19.1 Å². The average molecular weight is 444 g/mol. The van der Waals surface area contributed by atoms with Gasteiger partial charge < -0.3 is 9.64 Å². The van der Waals surface area contributed by atoms with Crippen LogP contribution in [-0.4, -0.2) is 70.4 Å². The molecule has 0 spiro atoms. The van der Waals surface area contributed by atoms with E-state index in [0.717, 1.165) is 24.6 Å². The Bertz CT molecular complexity index is 984. The monoisotopic (exact) mass is 443 g/mol. The number of carbonyl (C=O) groups excluding carboxylic acids is 1. The summed E-state index contributed by atoms with van der Waals surface area (Å²) in [5, 5.41) is 3.41. The molecule has 9 nitrogen and oxygen atoms in total. The number of nitrogens with one attached hydrogen (secondary N) is 1. The number of rotatable bonds is 5. The van der Waals surface area contributed by atoms with Gasteiger partial charge in [0.25, 0.3) is 0 Å². The molecule has 0 atom stereocenters. The molecule has 1 amide bonds. The lowest BCUT2D eigenvalue weighted by Crippen LogP contribution is -2.45. The van der Waals surface area contributed by atoms with Crippen molar-refractivity contribution in [2.75, 3.05) is 54.3 Å². The summed E-state index contributed by atoms with van der Waals surface area (Å²) in [5.74, 6) is 2.47. The van der Waals surface area contributed by atoms with Gasteiger partial charge in [-0.25, -0.2) is 19.2 Å². The van der Waals surface area contributed by atoms with Crippen molar-refractivity contribution < 1.29 is 13.9 Å². The van der Waals surface area contributed by atoms with Crippen LogP contribution in [0.15, 0.2) is 43.0 Å². The number of ether oxygens (including phenoxy) is 1. The van der Waals surface area contributed by atoms with Gasteiger partial charge in [0.2, 0.25) is 5.95 Å². The molecular formula is C20H22FN7O2S. The van der Waals surface area contributed by atoms with E-state index in [2.05, 4.69) is 20.4 Å². The smallest absolute Gasteiger partial charge is 0.411 e. The zero-order chi connectivity index (χ0) is 21.2. The Hall–Kier alpha value is -3.05. The molecule has 0 unspecified atom stereocenters. The zero-order valence-electron chi connectivity index (χ0n) is 16.8. The second kappa shape index (κ2) is 8.60. The number of cyclic esters (lactones) is 1. The number of amides is 1. The van der Waals surface area contributed by atoms with Crippen molar-refractivity contribution in [3.8, 4) is 11.1 Å². The topological polar surface area (TPSA) is 77.1 Å². The molecule has 0 radical (unpaired) electrons. The van der Waals surface area contributed by atoms with E-state index >= 15 is 0 Å². The number of thioether (sulfide) groups is 1. The van der Waals surface area contributed by atoms with Crippen LogP contribution in [0.1, 0.15) is 0 Å². The molecule has 0 aliphatic carbocycles. The van der Waals surface area contributed by atoms with Crippen LogP contribution < -0.4 is 15.4 Å². The van der Waals surface area contributed by atoms with Crippen molar-refractivity contribution in [1.29, 1.82) is 0 Å². The van der Waals surface area contributed by atoms with E-state index in [1.54, 1.807) is 45.8 Å². The first kappa shape index (κ1) is 19.9. The van der Waals surface area contributed by atoms with Crippen molar-refractivity contribution in [2.45, 2.75) is 0 Å². The molecule has 3 aliphatic rings. The lowest BCUT2D eigenvalue weighted by Gasteiger charge is -2.26. The van der Waals surface area contributed by atoms with Crippen molar-refractivity contribution in [3.05, 3.63) is 48.8 Å². The van der Waals surface area contributed by atoms with Gasteiger partial charge in [-0.2, -0.15) is 11.8 Å². The van der Waals surface area contributed by atoms with Gasteiger partial charge in [0.05, 0.1) is 12.2 Å². The van der Waals surface area contributed by atoms with Crippen LogP contribution >= 0.6 is 11.8 Å². The molecule has 11 heteroatoms. The van der Waals surface area contributed by atoms with Crippen LogP contribution in [-0.2, 0) is 4.74 Å². The van der Waals surface area contributed by atoms with E-state index in [4.69, 9.17) is 4.74 Å². The summed E-state index contributed by atoms with van der Waals surface area (Å²) in [6.07, 6.45) is 6.56. The number of anilines is 2. The fourth-order valence-electron chi connectivity index (χ4n) is 3.59. The molecular weight excluding hydrogens is 421 g/mol. The Labute approximate surface area is 183 Å². The number of carbonyl (C=O) groups is 1. The molecule has 1 aromatic heterocycles. The maximum absolute atomic E-state index is 14.9. The van der Waals surface area contributed by atoms with Gasteiger partial charge in [-0.3, -0.25) is 14.9 Å². The van der Waals surface area contributed by atoms with Gasteiger partial charge in [-0.1, -0.05) is 0 Å². The number of benzene rings is 1. The van der Waals surface area contributed by atoms with Gasteiger partial charge in [0.15, 0.2) is 0 Å². The SMILES string of the molecule is O=C1OCCN1CN1C=CN(c2ccc(-c3cnc(N4CCSCC4)nc3)c(F)c2)N1. The van der Waals surface area contributed by atoms with Gasteiger partial charge >= 0.3 is 6.09 Å². The number of hydrogen-bond acceptors (Lipinski definition) is 9. The first-order chi connectivity index (χ1) is 15.2. The lowest BCUT2D eigenvalue weighted by molar-refractivity contribution is 0.134. The van der Waals surface area contributed by atoms with E-state index < -0.39 is 0 Å². The summed E-state index contributed by atoms with van der Waals surface area (Å²) in [7, 11) is 0. The molecule has 1 N–H and O–H groups in total. The van der Waals surface area contributed by atoms with E-state index in [1.165, 1.54) is 6.07 Å². The molecule has 2 aromatic rings. The molecule has 2 fully saturated rings. The molecule has 0 bridgehead atoms. The van der Waals surface area contributed by atoms with E-state index in [-0.39, 0.29) is 11.9 Å². The first-order valence-electron chi connectivity index (χ1n) is 10.0. The highest BCUT2D eigenvalue weighted by Crippen LogP contribution is 2.27. The number of hydrazine groups is 2. The molecule has 2 saturated heterocycles. The highest BCUT2D eigenvalue weighted by atomic mass is 32.2. The van der Waals surface area contributed by atoms with Crippen molar-refractivity contribution in [2.24, 2.45) is 0 Å². The predicted octanol–water partition coefficient (Wildman–Crippen LogP) is 2.26. The summed E-state index contributed by atoms with van der Waals surface area (Å²) in [6, 6.07) is 4.99. The van der Waals surface area contributed by atoms with E-state index in [9.17, 15) is 9.18 Å². The van der Waals surface area contributed by atoms with Crippen molar-refractivity contribution in [3.63, 3.8) is 0 Å². The quantitative estimate of drug-likeness (QED) is 0.749. The third-order valence-electron chi connectivity index (χ3n) is 5.27. The molecule has 4 heterocycles. The van der Waals surface area contributed by atoms with Crippen molar-refractivity contribution >= 4 is 29.5 Å². The van der Waals surface area contributed by atoms with Gasteiger partial charge in [-0.05, 0) is 18.2 Å². The minimum Gasteiger partial charge on any atom is -0.447 e. The first-order valence-corrected chi connectivity index (χ1v) is 11.2. The van der Waals surface area contributed by atoms with Crippen LogP contribution in [0.3, 0.4) is 0 Å². The molecule has 5 rings (SSSR count). The van der Waals surface area contributed by atoms with Gasteiger partial charge in [0, 0.05) is 60.5 Å². The maximum Gasteiger partial charge on any atom is 0.411 e. The standard InChI is InChI=1S/C20H22FN7O2S/c21-18-11-16(28-4-3-27(24-28)14-26-5-8-30-20(26)29)1-2-17(18)15-12-22-19(23-13-15)25-6-9-31-10-7-25/h1-4,11-13,24H,5-10,14H2. The minimum atomic E-state index is -0.361. The van der Waals surface area contributed by atoms with Crippen LogP contribution in [0.4, 0.5) is 20.8 Å². The molecule has 31 heavy (non-hydrogen) atoms. The maximum atomic E-state index is 14.9. The molecule has 1 aromatic carbocycles. The second-order valence-electron chi connectivity index (χ2n) is 7.29. The van der Waals surface area contributed by atoms with E-state index in [1.807, 2.05) is 17.8 Å². The minimum absolute atomic E-state index is 0.337. The Balaban J connectivity index is 1.25. The summed E-state index contributed by atoms with van der Waals surface area (Å²) in [5.41, 5.74) is 4.81. The van der Waals surface area contributed by atoms with Crippen molar-refractivity contribution in [1.82, 2.24) is 25.4 Å². The molecule has 162 valence electrons. The highest BCUT2D eigenvalue weighted by Gasteiger charge is 2.25. The highest BCUT2D eigenvalue weighted by molar-refractivity contribution is 7.99. The number of hydrogen-bond donors (Lipinski definition) is 1.